The molecular formula is C17H21N3. The van der Waals surface area contributed by atoms with Crippen molar-refractivity contribution in [3.8, 4) is 0 Å². The molecule has 1 aromatic heterocycles. The Balaban J connectivity index is 1.94. The number of benzene rings is 1. The first kappa shape index (κ1) is 13.1. The van der Waals surface area contributed by atoms with E-state index in [1.807, 2.05) is 6.92 Å². The van der Waals surface area contributed by atoms with Crippen molar-refractivity contribution in [1.82, 2.24) is 9.97 Å². The van der Waals surface area contributed by atoms with Gasteiger partial charge in [0.2, 0.25) is 0 Å². The molecule has 0 unspecified atom stereocenters. The number of anilines is 1. The maximum atomic E-state index is 6.14. The van der Waals surface area contributed by atoms with Gasteiger partial charge in [-0.15, -0.1) is 0 Å². The average Bonchev–Trinajstić information content (AvgIpc) is 2.81. The van der Waals surface area contributed by atoms with Crippen LogP contribution < -0.4 is 5.73 Å². The normalized spacial score (nSPS) is 14.8. The van der Waals surface area contributed by atoms with Crippen LogP contribution in [0.15, 0.2) is 24.3 Å². The van der Waals surface area contributed by atoms with E-state index in [-0.39, 0.29) is 0 Å². The topological polar surface area (TPSA) is 51.8 Å². The van der Waals surface area contributed by atoms with Gasteiger partial charge in [0.15, 0.2) is 0 Å². The highest BCUT2D eigenvalue weighted by Crippen LogP contribution is 2.33. The molecule has 0 amide bonds. The largest absolute Gasteiger partial charge is 0.383 e. The Kier molecular flexibility index (Phi) is 3.20. The summed E-state index contributed by atoms with van der Waals surface area (Å²) in [5.74, 6) is 2.29. The lowest BCUT2D eigenvalue weighted by atomic mass is 10.0. The molecule has 0 saturated heterocycles. The van der Waals surface area contributed by atoms with E-state index in [0.29, 0.717) is 17.7 Å². The van der Waals surface area contributed by atoms with E-state index < -0.39 is 0 Å². The summed E-state index contributed by atoms with van der Waals surface area (Å²) in [5.41, 5.74) is 11.1. The van der Waals surface area contributed by atoms with Crippen molar-refractivity contribution in [3.05, 3.63) is 52.5 Å². The number of fused-ring (bicyclic) bond motifs is 1. The van der Waals surface area contributed by atoms with Crippen molar-refractivity contribution in [2.75, 3.05) is 5.73 Å². The third-order valence-corrected chi connectivity index (χ3v) is 4.18. The van der Waals surface area contributed by atoms with E-state index >= 15 is 0 Å². The molecule has 3 nitrogen and oxygen atoms in total. The van der Waals surface area contributed by atoms with Crippen LogP contribution in [0.4, 0.5) is 5.82 Å². The molecular weight excluding hydrogens is 246 g/mol. The van der Waals surface area contributed by atoms with Crippen molar-refractivity contribution in [2.24, 2.45) is 0 Å². The summed E-state index contributed by atoms with van der Waals surface area (Å²) in [6.45, 7) is 6.30. The molecule has 0 spiro atoms. The molecule has 0 atom stereocenters. The van der Waals surface area contributed by atoms with Crippen LogP contribution in [0, 0.1) is 6.92 Å². The van der Waals surface area contributed by atoms with Crippen LogP contribution in [-0.2, 0) is 12.8 Å². The monoisotopic (exact) mass is 267 g/mol. The summed E-state index contributed by atoms with van der Waals surface area (Å²) in [6.07, 6.45) is 2.05. The van der Waals surface area contributed by atoms with Crippen LogP contribution in [0.2, 0.25) is 0 Å². The van der Waals surface area contributed by atoms with Gasteiger partial charge in [0.1, 0.15) is 11.6 Å². The van der Waals surface area contributed by atoms with E-state index in [2.05, 4.69) is 43.1 Å². The standard InChI is InChI=1S/C17H21N3/c1-10(2)15-11(3)19-17(20-16(15)18)14-8-12-6-4-5-7-13(12)9-14/h4-7,10,14H,8-9H2,1-3H3,(H2,18,19,20). The first-order chi connectivity index (χ1) is 9.56. The maximum absolute atomic E-state index is 6.14. The van der Waals surface area contributed by atoms with Crippen molar-refractivity contribution < 1.29 is 0 Å². The molecule has 1 heterocycles. The van der Waals surface area contributed by atoms with Gasteiger partial charge in [-0.25, -0.2) is 9.97 Å². The zero-order valence-corrected chi connectivity index (χ0v) is 12.4. The van der Waals surface area contributed by atoms with Crippen LogP contribution in [-0.4, -0.2) is 9.97 Å². The third kappa shape index (κ3) is 2.17. The first-order valence-corrected chi connectivity index (χ1v) is 7.27. The molecule has 0 fully saturated rings. The van der Waals surface area contributed by atoms with Crippen molar-refractivity contribution >= 4 is 5.82 Å². The number of nitrogens with two attached hydrogens (primary N) is 1. The van der Waals surface area contributed by atoms with Crippen molar-refractivity contribution in [1.29, 1.82) is 0 Å². The van der Waals surface area contributed by atoms with E-state index in [1.54, 1.807) is 0 Å². The van der Waals surface area contributed by atoms with E-state index in [9.17, 15) is 0 Å². The zero-order valence-electron chi connectivity index (χ0n) is 12.4. The molecule has 3 rings (SSSR count). The number of rotatable bonds is 2. The Hall–Kier alpha value is -1.90. The van der Waals surface area contributed by atoms with Crippen molar-refractivity contribution in [2.45, 2.75) is 45.4 Å². The van der Waals surface area contributed by atoms with Crippen LogP contribution in [0.25, 0.3) is 0 Å². The average molecular weight is 267 g/mol. The molecule has 1 aliphatic rings. The smallest absolute Gasteiger partial charge is 0.134 e. The number of aromatic nitrogens is 2. The lowest BCUT2D eigenvalue weighted by molar-refractivity contribution is 0.672. The van der Waals surface area contributed by atoms with Gasteiger partial charge in [-0.2, -0.15) is 0 Å². The van der Waals surface area contributed by atoms with Crippen LogP contribution in [0.1, 0.15) is 53.9 Å². The molecule has 20 heavy (non-hydrogen) atoms. The summed E-state index contributed by atoms with van der Waals surface area (Å²) in [6, 6.07) is 8.61. The Bertz CT molecular complexity index is 598. The number of nitrogens with zero attached hydrogens (tertiary/aromatic N) is 2. The molecule has 0 saturated carbocycles. The number of aryl methyl sites for hydroxylation is 1. The summed E-state index contributed by atoms with van der Waals surface area (Å²) in [7, 11) is 0. The molecule has 1 aromatic carbocycles. The van der Waals surface area contributed by atoms with Gasteiger partial charge in [-0.05, 0) is 36.8 Å². The molecule has 2 aromatic rings. The van der Waals surface area contributed by atoms with Gasteiger partial charge < -0.3 is 5.73 Å². The summed E-state index contributed by atoms with van der Waals surface area (Å²) in [5, 5.41) is 0. The van der Waals surface area contributed by atoms with Crippen LogP contribution >= 0.6 is 0 Å². The quantitative estimate of drug-likeness (QED) is 0.907. The van der Waals surface area contributed by atoms with Crippen LogP contribution in [0.3, 0.4) is 0 Å². The number of hydrogen-bond donors (Lipinski definition) is 1. The Morgan fingerprint density at radius 2 is 1.70 bits per heavy atom. The lowest BCUT2D eigenvalue weighted by Gasteiger charge is -2.15. The fraction of sp³-hybridized carbons (Fsp3) is 0.412. The predicted molar refractivity (Wildman–Crippen MR) is 81.9 cm³/mol. The molecule has 0 bridgehead atoms. The maximum Gasteiger partial charge on any atom is 0.134 e. The molecule has 0 aliphatic heterocycles. The zero-order chi connectivity index (χ0) is 14.3. The fourth-order valence-electron chi connectivity index (χ4n) is 3.26. The molecule has 2 N–H and O–H groups in total. The Morgan fingerprint density at radius 1 is 1.10 bits per heavy atom. The highest BCUT2D eigenvalue weighted by molar-refractivity contribution is 5.45. The first-order valence-electron chi connectivity index (χ1n) is 7.27. The second-order valence-electron chi connectivity index (χ2n) is 5.99. The van der Waals surface area contributed by atoms with Crippen LogP contribution in [0.5, 0.6) is 0 Å². The number of nitrogen functional groups attached to an aromatic ring is 1. The SMILES string of the molecule is Cc1nc(C2Cc3ccccc3C2)nc(N)c1C(C)C. The number of hydrogen-bond acceptors (Lipinski definition) is 3. The summed E-state index contributed by atoms with van der Waals surface area (Å²) >= 11 is 0. The molecule has 1 aliphatic carbocycles. The lowest BCUT2D eigenvalue weighted by Crippen LogP contribution is -2.12. The second kappa shape index (κ2) is 4.89. The van der Waals surface area contributed by atoms with Crippen molar-refractivity contribution in [3.63, 3.8) is 0 Å². The third-order valence-electron chi connectivity index (χ3n) is 4.18. The van der Waals surface area contributed by atoms with Gasteiger partial charge in [-0.3, -0.25) is 0 Å². The van der Waals surface area contributed by atoms with Gasteiger partial charge >= 0.3 is 0 Å². The predicted octanol–water partition coefficient (Wildman–Crippen LogP) is 3.37. The summed E-state index contributed by atoms with van der Waals surface area (Å²) in [4.78, 5) is 9.32. The minimum Gasteiger partial charge on any atom is -0.383 e. The highest BCUT2D eigenvalue weighted by atomic mass is 15.0. The van der Waals surface area contributed by atoms with E-state index in [1.165, 1.54) is 11.1 Å². The van der Waals surface area contributed by atoms with E-state index in [0.717, 1.165) is 29.9 Å². The Labute approximate surface area is 120 Å². The molecule has 104 valence electrons. The molecule has 0 radical (unpaired) electrons. The molecule has 3 heteroatoms. The fourth-order valence-corrected chi connectivity index (χ4v) is 3.26. The van der Waals surface area contributed by atoms with Gasteiger partial charge in [-0.1, -0.05) is 38.1 Å². The minimum absolute atomic E-state index is 0.366. The second-order valence-corrected chi connectivity index (χ2v) is 5.99. The Morgan fingerprint density at radius 3 is 2.20 bits per heavy atom. The minimum atomic E-state index is 0.366. The van der Waals surface area contributed by atoms with Gasteiger partial charge in [0.05, 0.1) is 0 Å². The van der Waals surface area contributed by atoms with Gasteiger partial charge in [0.25, 0.3) is 0 Å². The summed E-state index contributed by atoms with van der Waals surface area (Å²) < 4.78 is 0. The highest BCUT2D eigenvalue weighted by Gasteiger charge is 2.26. The van der Waals surface area contributed by atoms with E-state index in [4.69, 9.17) is 10.7 Å². The van der Waals surface area contributed by atoms with Gasteiger partial charge in [0, 0.05) is 17.2 Å².